The van der Waals surface area contributed by atoms with Crippen molar-refractivity contribution in [1.82, 2.24) is 15.5 Å². The lowest BCUT2D eigenvalue weighted by Crippen LogP contribution is -2.45. The first kappa shape index (κ1) is 20.3. The van der Waals surface area contributed by atoms with Crippen LogP contribution < -0.4 is 15.4 Å². The maximum Gasteiger partial charge on any atom is 0.191 e. The number of fused-ring (bicyclic) bond motifs is 1. The topological polar surface area (TPSA) is 58.1 Å². The average Bonchev–Trinajstić information content (AvgIpc) is 2.65. The number of guanidine groups is 1. The van der Waals surface area contributed by atoms with E-state index in [1.165, 1.54) is 5.56 Å². The number of morpholine rings is 1. The summed E-state index contributed by atoms with van der Waals surface area (Å²) in [5.41, 5.74) is 1.29. The molecular formula is C18H29IN4O2. The van der Waals surface area contributed by atoms with Gasteiger partial charge in [-0.25, -0.2) is 0 Å². The van der Waals surface area contributed by atoms with Gasteiger partial charge in [0.05, 0.1) is 19.8 Å². The van der Waals surface area contributed by atoms with E-state index in [-0.39, 0.29) is 24.0 Å². The van der Waals surface area contributed by atoms with Crippen LogP contribution in [0.2, 0.25) is 0 Å². The van der Waals surface area contributed by atoms with Crippen LogP contribution in [0.25, 0.3) is 0 Å². The molecule has 2 aliphatic rings. The van der Waals surface area contributed by atoms with E-state index >= 15 is 0 Å². The van der Waals surface area contributed by atoms with Crippen molar-refractivity contribution in [3.8, 4) is 5.75 Å². The Balaban J connectivity index is 0.00000225. The Morgan fingerprint density at radius 2 is 2.00 bits per heavy atom. The number of nitrogens with zero attached hydrogens (tertiary/aromatic N) is 2. The van der Waals surface area contributed by atoms with Crippen molar-refractivity contribution in [3.05, 3.63) is 29.8 Å². The van der Waals surface area contributed by atoms with E-state index in [1.807, 2.05) is 13.1 Å². The molecule has 7 heteroatoms. The molecule has 1 atom stereocenters. The number of benzene rings is 1. The highest BCUT2D eigenvalue weighted by atomic mass is 127. The first-order valence-corrected chi connectivity index (χ1v) is 8.83. The van der Waals surface area contributed by atoms with E-state index in [2.05, 4.69) is 38.7 Å². The fraction of sp³-hybridized carbons (Fsp3) is 0.611. The second-order valence-corrected chi connectivity index (χ2v) is 6.21. The molecule has 0 spiro atoms. The fourth-order valence-electron chi connectivity index (χ4n) is 3.23. The van der Waals surface area contributed by atoms with E-state index in [9.17, 15) is 0 Å². The standard InChI is InChI=1S/C18H28N4O2.HI/c1-19-18(20-7-8-22-9-12-23-13-10-22)21-14-15-6-11-24-17-5-3-2-4-16(15)17;/h2-5,15H,6-14H2,1H3,(H2,19,20,21);1H. The summed E-state index contributed by atoms with van der Waals surface area (Å²) in [7, 11) is 1.82. The minimum absolute atomic E-state index is 0. The van der Waals surface area contributed by atoms with Gasteiger partial charge in [0, 0.05) is 45.7 Å². The van der Waals surface area contributed by atoms with Gasteiger partial charge in [-0.2, -0.15) is 0 Å². The summed E-state index contributed by atoms with van der Waals surface area (Å²) >= 11 is 0. The van der Waals surface area contributed by atoms with Crippen molar-refractivity contribution in [3.63, 3.8) is 0 Å². The largest absolute Gasteiger partial charge is 0.493 e. The summed E-state index contributed by atoms with van der Waals surface area (Å²) in [5.74, 6) is 2.35. The molecule has 6 nitrogen and oxygen atoms in total. The number of hydrogen-bond acceptors (Lipinski definition) is 4. The van der Waals surface area contributed by atoms with Crippen molar-refractivity contribution in [2.75, 3.05) is 59.6 Å². The smallest absolute Gasteiger partial charge is 0.191 e. The highest BCUT2D eigenvalue weighted by molar-refractivity contribution is 14.0. The Hall–Kier alpha value is -1.06. The minimum atomic E-state index is 0. The van der Waals surface area contributed by atoms with Gasteiger partial charge in [-0.1, -0.05) is 18.2 Å². The SMILES string of the molecule is CN=C(NCCN1CCOCC1)NCC1CCOc2ccccc21.I. The fourth-order valence-corrected chi connectivity index (χ4v) is 3.23. The molecule has 0 amide bonds. The van der Waals surface area contributed by atoms with Crippen LogP contribution in [-0.2, 0) is 4.74 Å². The molecule has 25 heavy (non-hydrogen) atoms. The second kappa shape index (κ2) is 10.8. The lowest BCUT2D eigenvalue weighted by Gasteiger charge is -2.28. The molecule has 0 aliphatic carbocycles. The number of halogens is 1. The zero-order valence-corrected chi connectivity index (χ0v) is 17.2. The number of nitrogens with one attached hydrogen (secondary N) is 2. The van der Waals surface area contributed by atoms with E-state index in [0.29, 0.717) is 5.92 Å². The van der Waals surface area contributed by atoms with Gasteiger partial charge in [-0.05, 0) is 18.1 Å². The number of aliphatic imine (C=N–C) groups is 1. The first-order valence-electron chi connectivity index (χ1n) is 8.83. The Morgan fingerprint density at radius 3 is 2.80 bits per heavy atom. The van der Waals surface area contributed by atoms with E-state index in [1.54, 1.807) is 0 Å². The number of hydrogen-bond donors (Lipinski definition) is 2. The Morgan fingerprint density at radius 1 is 1.20 bits per heavy atom. The number of rotatable bonds is 5. The van der Waals surface area contributed by atoms with Gasteiger partial charge in [0.25, 0.3) is 0 Å². The highest BCUT2D eigenvalue weighted by Crippen LogP contribution is 2.32. The molecule has 1 aromatic rings. The molecule has 0 radical (unpaired) electrons. The van der Waals surface area contributed by atoms with Crippen LogP contribution in [0.15, 0.2) is 29.3 Å². The second-order valence-electron chi connectivity index (χ2n) is 6.21. The third-order valence-corrected chi connectivity index (χ3v) is 4.65. The van der Waals surface area contributed by atoms with E-state index in [0.717, 1.165) is 70.7 Å². The molecule has 2 heterocycles. The molecule has 2 N–H and O–H groups in total. The van der Waals surface area contributed by atoms with Crippen molar-refractivity contribution >= 4 is 29.9 Å². The van der Waals surface area contributed by atoms with Crippen molar-refractivity contribution < 1.29 is 9.47 Å². The summed E-state index contributed by atoms with van der Waals surface area (Å²) in [6.07, 6.45) is 1.04. The van der Waals surface area contributed by atoms with Crippen molar-refractivity contribution in [2.24, 2.45) is 4.99 Å². The molecule has 1 aromatic carbocycles. The van der Waals surface area contributed by atoms with Crippen LogP contribution >= 0.6 is 24.0 Å². The minimum Gasteiger partial charge on any atom is -0.493 e. The van der Waals surface area contributed by atoms with E-state index < -0.39 is 0 Å². The van der Waals surface area contributed by atoms with Crippen LogP contribution in [0, 0.1) is 0 Å². The molecule has 1 unspecified atom stereocenters. The molecule has 3 rings (SSSR count). The third kappa shape index (κ3) is 6.00. The normalized spacial score (nSPS) is 20.8. The first-order chi connectivity index (χ1) is 11.9. The Bertz CT molecular complexity index is 550. The zero-order chi connectivity index (χ0) is 16.6. The predicted octanol–water partition coefficient (Wildman–Crippen LogP) is 1.67. The molecule has 140 valence electrons. The lowest BCUT2D eigenvalue weighted by atomic mass is 9.93. The summed E-state index contributed by atoms with van der Waals surface area (Å²) in [5, 5.41) is 6.86. The summed E-state index contributed by atoms with van der Waals surface area (Å²) in [4.78, 5) is 6.75. The Kier molecular flexibility index (Phi) is 8.77. The van der Waals surface area contributed by atoms with Gasteiger partial charge in [-0.3, -0.25) is 9.89 Å². The Labute approximate surface area is 167 Å². The van der Waals surface area contributed by atoms with Crippen molar-refractivity contribution in [1.29, 1.82) is 0 Å². The van der Waals surface area contributed by atoms with Gasteiger partial charge < -0.3 is 20.1 Å². The maximum absolute atomic E-state index is 5.73. The van der Waals surface area contributed by atoms with Crippen LogP contribution in [0.5, 0.6) is 5.75 Å². The van der Waals surface area contributed by atoms with Gasteiger partial charge in [0.1, 0.15) is 5.75 Å². The number of ether oxygens (including phenoxy) is 2. The van der Waals surface area contributed by atoms with Crippen LogP contribution in [0.1, 0.15) is 17.9 Å². The molecular weight excluding hydrogens is 431 g/mol. The zero-order valence-electron chi connectivity index (χ0n) is 14.9. The van der Waals surface area contributed by atoms with Crippen LogP contribution in [-0.4, -0.2) is 70.5 Å². The van der Waals surface area contributed by atoms with Gasteiger partial charge in [0.15, 0.2) is 5.96 Å². The maximum atomic E-state index is 5.73. The van der Waals surface area contributed by atoms with Gasteiger partial charge in [0.2, 0.25) is 0 Å². The molecule has 1 fully saturated rings. The van der Waals surface area contributed by atoms with Crippen LogP contribution in [0.4, 0.5) is 0 Å². The van der Waals surface area contributed by atoms with Gasteiger partial charge >= 0.3 is 0 Å². The molecule has 0 bridgehead atoms. The van der Waals surface area contributed by atoms with Crippen molar-refractivity contribution in [2.45, 2.75) is 12.3 Å². The predicted molar refractivity (Wildman–Crippen MR) is 111 cm³/mol. The monoisotopic (exact) mass is 460 g/mol. The third-order valence-electron chi connectivity index (χ3n) is 4.65. The quantitative estimate of drug-likeness (QED) is 0.398. The molecule has 0 saturated carbocycles. The lowest BCUT2D eigenvalue weighted by molar-refractivity contribution is 0.0389. The van der Waals surface area contributed by atoms with E-state index in [4.69, 9.17) is 9.47 Å². The highest BCUT2D eigenvalue weighted by Gasteiger charge is 2.21. The molecule has 0 aromatic heterocycles. The summed E-state index contributed by atoms with van der Waals surface area (Å²) in [6.45, 7) is 7.30. The molecule has 2 aliphatic heterocycles. The number of para-hydroxylation sites is 1. The molecule has 1 saturated heterocycles. The summed E-state index contributed by atoms with van der Waals surface area (Å²) in [6, 6.07) is 8.32. The van der Waals surface area contributed by atoms with Gasteiger partial charge in [-0.15, -0.1) is 24.0 Å². The summed E-state index contributed by atoms with van der Waals surface area (Å²) < 4.78 is 11.1. The average molecular weight is 460 g/mol. The van der Waals surface area contributed by atoms with Crippen LogP contribution in [0.3, 0.4) is 0 Å².